The summed E-state index contributed by atoms with van der Waals surface area (Å²) in [6, 6.07) is 12.1. The Morgan fingerprint density at radius 2 is 1.87 bits per heavy atom. The van der Waals surface area contributed by atoms with Crippen LogP contribution in [0.25, 0.3) is 0 Å². The molecule has 122 valence electrons. The summed E-state index contributed by atoms with van der Waals surface area (Å²) in [6.07, 6.45) is -0.738. The highest BCUT2D eigenvalue weighted by Crippen LogP contribution is 2.27. The van der Waals surface area contributed by atoms with Gasteiger partial charge in [0.1, 0.15) is 11.6 Å². The minimum Gasteiger partial charge on any atom is -0.481 e. The Bertz CT molecular complexity index is 703. The molecule has 0 aliphatic rings. The van der Waals surface area contributed by atoms with Gasteiger partial charge in [0.15, 0.2) is 6.10 Å². The maximum absolute atomic E-state index is 13.8. The Morgan fingerprint density at radius 3 is 2.52 bits per heavy atom. The van der Waals surface area contributed by atoms with Crippen LogP contribution in [0.5, 0.6) is 5.75 Å². The number of halogens is 2. The van der Waals surface area contributed by atoms with Crippen molar-refractivity contribution in [1.82, 2.24) is 0 Å². The van der Waals surface area contributed by atoms with Gasteiger partial charge in [0.25, 0.3) is 5.91 Å². The SMILES string of the molecule is CC(C)c1ccccc1O[C@@H](C)C(=O)Nc1ccc(Br)cc1F. The molecule has 1 N–H and O–H groups in total. The lowest BCUT2D eigenvalue weighted by atomic mass is 10.0. The third kappa shape index (κ3) is 4.55. The van der Waals surface area contributed by atoms with E-state index in [-0.39, 0.29) is 11.6 Å². The molecule has 2 aromatic carbocycles. The molecule has 0 aromatic heterocycles. The van der Waals surface area contributed by atoms with Crippen LogP contribution < -0.4 is 10.1 Å². The predicted octanol–water partition coefficient (Wildman–Crippen LogP) is 5.12. The maximum Gasteiger partial charge on any atom is 0.265 e. The van der Waals surface area contributed by atoms with Gasteiger partial charge in [0, 0.05) is 4.47 Å². The second-order valence-electron chi connectivity index (χ2n) is 5.57. The van der Waals surface area contributed by atoms with E-state index in [9.17, 15) is 9.18 Å². The summed E-state index contributed by atoms with van der Waals surface area (Å²) in [5.74, 6) is 0.0547. The fourth-order valence-corrected chi connectivity index (χ4v) is 2.47. The zero-order chi connectivity index (χ0) is 17.0. The number of anilines is 1. The van der Waals surface area contributed by atoms with Crippen molar-refractivity contribution in [2.24, 2.45) is 0 Å². The molecule has 0 saturated carbocycles. The van der Waals surface area contributed by atoms with Crippen LogP contribution in [0.1, 0.15) is 32.3 Å². The lowest BCUT2D eigenvalue weighted by Crippen LogP contribution is -2.30. The Morgan fingerprint density at radius 1 is 1.17 bits per heavy atom. The van der Waals surface area contributed by atoms with E-state index in [4.69, 9.17) is 4.74 Å². The maximum atomic E-state index is 13.8. The topological polar surface area (TPSA) is 38.3 Å². The van der Waals surface area contributed by atoms with Gasteiger partial charge in [-0.15, -0.1) is 0 Å². The Hall–Kier alpha value is -1.88. The van der Waals surface area contributed by atoms with E-state index in [1.54, 1.807) is 13.0 Å². The first kappa shape index (κ1) is 17.5. The first-order chi connectivity index (χ1) is 10.9. The Kier molecular flexibility index (Phi) is 5.77. The standard InChI is InChI=1S/C18H19BrFNO2/c1-11(2)14-6-4-5-7-17(14)23-12(3)18(22)21-16-9-8-13(19)10-15(16)20/h4-12H,1-3H3,(H,21,22)/t12-/m0/s1. The second-order valence-corrected chi connectivity index (χ2v) is 6.48. The zero-order valence-electron chi connectivity index (χ0n) is 13.3. The lowest BCUT2D eigenvalue weighted by Gasteiger charge is -2.18. The molecule has 1 amide bonds. The quantitative estimate of drug-likeness (QED) is 0.782. The molecule has 0 saturated heterocycles. The smallest absolute Gasteiger partial charge is 0.265 e. The molecule has 0 spiro atoms. The highest BCUT2D eigenvalue weighted by atomic mass is 79.9. The number of amides is 1. The number of benzene rings is 2. The van der Waals surface area contributed by atoms with Gasteiger partial charge in [0.2, 0.25) is 0 Å². The van der Waals surface area contributed by atoms with E-state index in [1.807, 2.05) is 24.3 Å². The molecule has 0 aliphatic carbocycles. The van der Waals surface area contributed by atoms with Gasteiger partial charge in [-0.05, 0) is 42.7 Å². The van der Waals surface area contributed by atoms with Crippen LogP contribution in [0.2, 0.25) is 0 Å². The number of rotatable bonds is 5. The fraction of sp³-hybridized carbons (Fsp3) is 0.278. The van der Waals surface area contributed by atoms with Crippen LogP contribution >= 0.6 is 15.9 Å². The largest absolute Gasteiger partial charge is 0.481 e. The van der Waals surface area contributed by atoms with Crippen molar-refractivity contribution < 1.29 is 13.9 Å². The molecule has 0 bridgehead atoms. The summed E-state index contributed by atoms with van der Waals surface area (Å²) in [5, 5.41) is 2.55. The number of carbonyl (C=O) groups is 1. The minimum atomic E-state index is -0.738. The first-order valence-electron chi connectivity index (χ1n) is 7.40. The Labute approximate surface area is 144 Å². The van der Waals surface area contributed by atoms with Crippen molar-refractivity contribution in [3.8, 4) is 5.75 Å². The van der Waals surface area contributed by atoms with Crippen LogP contribution in [0.3, 0.4) is 0 Å². The lowest BCUT2D eigenvalue weighted by molar-refractivity contribution is -0.122. The van der Waals surface area contributed by atoms with Gasteiger partial charge in [-0.3, -0.25) is 4.79 Å². The van der Waals surface area contributed by atoms with Gasteiger partial charge in [-0.2, -0.15) is 0 Å². The van der Waals surface area contributed by atoms with E-state index >= 15 is 0 Å². The van der Waals surface area contributed by atoms with E-state index in [0.717, 1.165) is 5.56 Å². The molecule has 0 aliphatic heterocycles. The number of ether oxygens (including phenoxy) is 1. The minimum absolute atomic E-state index is 0.130. The average Bonchev–Trinajstić information content (AvgIpc) is 2.50. The molecule has 23 heavy (non-hydrogen) atoms. The van der Waals surface area contributed by atoms with Gasteiger partial charge >= 0.3 is 0 Å². The van der Waals surface area contributed by atoms with Crippen LogP contribution in [0, 0.1) is 5.82 Å². The first-order valence-corrected chi connectivity index (χ1v) is 8.19. The number of carbonyl (C=O) groups excluding carboxylic acids is 1. The fourth-order valence-electron chi connectivity index (χ4n) is 2.13. The van der Waals surface area contributed by atoms with Crippen molar-refractivity contribution in [2.45, 2.75) is 32.8 Å². The molecule has 5 heteroatoms. The van der Waals surface area contributed by atoms with Crippen molar-refractivity contribution in [3.63, 3.8) is 0 Å². The molecule has 0 fully saturated rings. The summed E-state index contributed by atoms with van der Waals surface area (Å²) < 4.78 is 20.2. The number of nitrogens with one attached hydrogen (secondary N) is 1. The summed E-state index contributed by atoms with van der Waals surface area (Å²) >= 11 is 3.18. The van der Waals surface area contributed by atoms with Crippen LogP contribution in [-0.2, 0) is 4.79 Å². The van der Waals surface area contributed by atoms with Gasteiger partial charge in [-0.25, -0.2) is 4.39 Å². The van der Waals surface area contributed by atoms with Gasteiger partial charge in [-0.1, -0.05) is 48.0 Å². The van der Waals surface area contributed by atoms with Crippen molar-refractivity contribution in [2.75, 3.05) is 5.32 Å². The normalized spacial score (nSPS) is 12.1. The molecular weight excluding hydrogens is 361 g/mol. The summed E-state index contributed by atoms with van der Waals surface area (Å²) in [7, 11) is 0. The van der Waals surface area contributed by atoms with Gasteiger partial charge < -0.3 is 10.1 Å². The molecule has 0 unspecified atom stereocenters. The summed E-state index contributed by atoms with van der Waals surface area (Å²) in [4.78, 5) is 12.2. The molecule has 0 radical (unpaired) electrons. The van der Waals surface area contributed by atoms with E-state index in [0.29, 0.717) is 10.2 Å². The molecular formula is C18H19BrFNO2. The van der Waals surface area contributed by atoms with Crippen molar-refractivity contribution in [3.05, 3.63) is 58.3 Å². The molecule has 1 atom stereocenters. The third-order valence-corrected chi connectivity index (χ3v) is 3.90. The number of hydrogen-bond donors (Lipinski definition) is 1. The summed E-state index contributed by atoms with van der Waals surface area (Å²) in [5.41, 5.74) is 1.16. The molecule has 2 rings (SSSR count). The molecule has 3 nitrogen and oxygen atoms in total. The third-order valence-electron chi connectivity index (χ3n) is 3.40. The molecule has 2 aromatic rings. The van der Waals surface area contributed by atoms with Crippen LogP contribution in [0.15, 0.2) is 46.9 Å². The van der Waals surface area contributed by atoms with Crippen LogP contribution in [0.4, 0.5) is 10.1 Å². The second kappa shape index (κ2) is 7.59. The van der Waals surface area contributed by atoms with E-state index < -0.39 is 17.8 Å². The van der Waals surface area contributed by atoms with Crippen LogP contribution in [-0.4, -0.2) is 12.0 Å². The van der Waals surface area contributed by atoms with Gasteiger partial charge in [0.05, 0.1) is 5.69 Å². The highest BCUT2D eigenvalue weighted by molar-refractivity contribution is 9.10. The summed E-state index contributed by atoms with van der Waals surface area (Å²) in [6.45, 7) is 5.76. The Balaban J connectivity index is 2.09. The van der Waals surface area contributed by atoms with E-state index in [1.165, 1.54) is 12.1 Å². The van der Waals surface area contributed by atoms with E-state index in [2.05, 4.69) is 35.1 Å². The average molecular weight is 380 g/mol. The number of hydrogen-bond acceptors (Lipinski definition) is 2. The monoisotopic (exact) mass is 379 g/mol. The zero-order valence-corrected chi connectivity index (χ0v) is 14.9. The predicted molar refractivity (Wildman–Crippen MR) is 93.4 cm³/mol. The van der Waals surface area contributed by atoms with Crippen molar-refractivity contribution >= 4 is 27.5 Å². The molecule has 0 heterocycles. The number of para-hydroxylation sites is 1. The van der Waals surface area contributed by atoms with Crippen molar-refractivity contribution in [1.29, 1.82) is 0 Å². The highest BCUT2D eigenvalue weighted by Gasteiger charge is 2.18.